The van der Waals surface area contributed by atoms with Crippen molar-refractivity contribution < 1.29 is 41.2 Å². The molecule has 9 heteroatoms. The summed E-state index contributed by atoms with van der Waals surface area (Å²) in [5.74, 6) is -3.24. The summed E-state index contributed by atoms with van der Waals surface area (Å²) in [7, 11) is 0. The lowest BCUT2D eigenvalue weighted by Crippen LogP contribution is -2.33. The lowest BCUT2D eigenvalue weighted by molar-refractivity contribution is -0.217. The molecule has 0 spiro atoms. The Bertz CT molecular complexity index is 660. The summed E-state index contributed by atoms with van der Waals surface area (Å²) in [5, 5.41) is 0. The molecule has 0 saturated carbocycles. The lowest BCUT2D eigenvalue weighted by atomic mass is 10.0. The fourth-order valence-electron chi connectivity index (χ4n) is 3.30. The molecular weight excluding hydrogens is 396 g/mol. The standard InChI is InChI=1S/C20H24F4O5/c1-2-3-12-8-25-17(26-9-12)5-4-13-10-27-19(28-11-13)14-6-15(21)18(16(22)7-14)29-20(23)24/h2-3,6-7,12-13,17,19-20H,4-5,8-11H2,1H3. The Morgan fingerprint density at radius 3 is 2.17 bits per heavy atom. The molecule has 2 aliphatic rings. The molecule has 0 bridgehead atoms. The number of hydrogen-bond donors (Lipinski definition) is 0. The van der Waals surface area contributed by atoms with Gasteiger partial charge in [-0.25, -0.2) is 8.78 Å². The second kappa shape index (κ2) is 10.4. The normalized spacial score (nSPS) is 28.2. The van der Waals surface area contributed by atoms with Gasteiger partial charge in [-0.1, -0.05) is 12.2 Å². The van der Waals surface area contributed by atoms with Crippen LogP contribution in [0.15, 0.2) is 24.3 Å². The van der Waals surface area contributed by atoms with E-state index in [9.17, 15) is 17.6 Å². The van der Waals surface area contributed by atoms with Gasteiger partial charge in [0, 0.05) is 17.4 Å². The Hall–Kier alpha value is -1.68. The van der Waals surface area contributed by atoms with Gasteiger partial charge < -0.3 is 23.7 Å². The van der Waals surface area contributed by atoms with Gasteiger partial charge >= 0.3 is 6.61 Å². The summed E-state index contributed by atoms with van der Waals surface area (Å²) in [4.78, 5) is 0. The number of benzene rings is 1. The maximum Gasteiger partial charge on any atom is 0.387 e. The molecule has 1 aromatic rings. The van der Waals surface area contributed by atoms with Crippen LogP contribution in [0.5, 0.6) is 5.75 Å². The van der Waals surface area contributed by atoms with Crippen LogP contribution in [0, 0.1) is 23.5 Å². The van der Waals surface area contributed by atoms with E-state index in [1.165, 1.54) is 0 Å². The van der Waals surface area contributed by atoms with E-state index in [4.69, 9.17) is 18.9 Å². The van der Waals surface area contributed by atoms with Crippen LogP contribution in [0.1, 0.15) is 31.6 Å². The van der Waals surface area contributed by atoms with Crippen LogP contribution in [0.3, 0.4) is 0 Å². The van der Waals surface area contributed by atoms with Crippen LogP contribution in [-0.2, 0) is 18.9 Å². The van der Waals surface area contributed by atoms with Crippen molar-refractivity contribution in [2.45, 2.75) is 39.0 Å². The molecule has 2 fully saturated rings. The molecule has 0 atom stereocenters. The molecule has 162 valence electrons. The van der Waals surface area contributed by atoms with Crippen molar-refractivity contribution in [1.82, 2.24) is 0 Å². The average Bonchev–Trinajstić information content (AvgIpc) is 2.70. The highest BCUT2D eigenvalue weighted by molar-refractivity contribution is 5.32. The highest BCUT2D eigenvalue weighted by atomic mass is 19.3. The molecule has 2 heterocycles. The molecule has 2 aliphatic heterocycles. The Balaban J connectivity index is 1.45. The summed E-state index contributed by atoms with van der Waals surface area (Å²) < 4.78 is 78.5. The minimum atomic E-state index is -3.32. The van der Waals surface area contributed by atoms with Crippen LogP contribution in [0.2, 0.25) is 0 Å². The third-order valence-electron chi connectivity index (χ3n) is 4.73. The highest BCUT2D eigenvalue weighted by Crippen LogP contribution is 2.32. The molecule has 2 saturated heterocycles. The van der Waals surface area contributed by atoms with Gasteiger partial charge in [-0.15, -0.1) is 0 Å². The van der Waals surface area contributed by atoms with E-state index in [0.29, 0.717) is 32.8 Å². The molecule has 3 rings (SSSR count). The fraction of sp³-hybridized carbons (Fsp3) is 0.600. The quantitative estimate of drug-likeness (QED) is 0.478. The highest BCUT2D eigenvalue weighted by Gasteiger charge is 2.28. The Morgan fingerprint density at radius 2 is 1.62 bits per heavy atom. The molecule has 0 amide bonds. The summed E-state index contributed by atoms with van der Waals surface area (Å²) in [5.41, 5.74) is 0.0639. The van der Waals surface area contributed by atoms with Crippen molar-refractivity contribution in [3.05, 3.63) is 41.5 Å². The first-order valence-corrected chi connectivity index (χ1v) is 9.49. The van der Waals surface area contributed by atoms with Crippen molar-refractivity contribution in [3.63, 3.8) is 0 Å². The summed E-state index contributed by atoms with van der Waals surface area (Å²) >= 11 is 0. The number of halogens is 4. The fourth-order valence-corrected chi connectivity index (χ4v) is 3.30. The van der Waals surface area contributed by atoms with Crippen molar-refractivity contribution >= 4 is 0 Å². The molecular formula is C20H24F4O5. The lowest BCUT2D eigenvalue weighted by Gasteiger charge is -2.32. The van der Waals surface area contributed by atoms with Crippen molar-refractivity contribution in [2.24, 2.45) is 11.8 Å². The molecule has 0 aromatic heterocycles. The molecule has 0 aliphatic carbocycles. The van der Waals surface area contributed by atoms with Crippen LogP contribution in [-0.4, -0.2) is 39.3 Å². The van der Waals surface area contributed by atoms with Crippen LogP contribution < -0.4 is 4.74 Å². The van der Waals surface area contributed by atoms with E-state index in [1.54, 1.807) is 0 Å². The minimum Gasteiger partial charge on any atom is -0.429 e. The van der Waals surface area contributed by atoms with Gasteiger partial charge in [-0.2, -0.15) is 8.78 Å². The largest absolute Gasteiger partial charge is 0.429 e. The molecule has 0 unspecified atom stereocenters. The van der Waals surface area contributed by atoms with E-state index in [1.807, 2.05) is 13.0 Å². The predicted molar refractivity (Wildman–Crippen MR) is 94.4 cm³/mol. The van der Waals surface area contributed by atoms with Gasteiger partial charge in [0.05, 0.1) is 26.4 Å². The van der Waals surface area contributed by atoms with E-state index >= 15 is 0 Å². The third-order valence-corrected chi connectivity index (χ3v) is 4.73. The monoisotopic (exact) mass is 420 g/mol. The smallest absolute Gasteiger partial charge is 0.387 e. The van der Waals surface area contributed by atoms with Crippen molar-refractivity contribution in [1.29, 1.82) is 0 Å². The van der Waals surface area contributed by atoms with Gasteiger partial charge in [0.25, 0.3) is 0 Å². The van der Waals surface area contributed by atoms with Gasteiger partial charge in [-0.05, 0) is 31.9 Å². The summed E-state index contributed by atoms with van der Waals surface area (Å²) in [6.45, 7) is 0.540. The first-order chi connectivity index (χ1) is 14.0. The van der Waals surface area contributed by atoms with E-state index < -0.39 is 30.3 Å². The SMILES string of the molecule is CC=CC1COC(CCC2COC(c3cc(F)c(OC(F)F)c(F)c3)OC2)OC1. The van der Waals surface area contributed by atoms with Gasteiger partial charge in [0.2, 0.25) is 0 Å². The first kappa shape index (κ1) is 22.0. The number of hydrogen-bond acceptors (Lipinski definition) is 5. The molecule has 0 N–H and O–H groups in total. The van der Waals surface area contributed by atoms with E-state index in [-0.39, 0.29) is 23.7 Å². The van der Waals surface area contributed by atoms with Crippen molar-refractivity contribution in [3.8, 4) is 5.75 Å². The number of allylic oxidation sites excluding steroid dienone is 1. The predicted octanol–water partition coefficient (Wildman–Crippen LogP) is 4.57. The maximum absolute atomic E-state index is 13.9. The Kier molecular flexibility index (Phi) is 7.88. The van der Waals surface area contributed by atoms with Gasteiger partial charge in [0.1, 0.15) is 0 Å². The van der Waals surface area contributed by atoms with Crippen LogP contribution in [0.25, 0.3) is 0 Å². The zero-order valence-electron chi connectivity index (χ0n) is 16.0. The average molecular weight is 420 g/mol. The first-order valence-electron chi connectivity index (χ1n) is 9.49. The van der Waals surface area contributed by atoms with Gasteiger partial charge in [0.15, 0.2) is 30.0 Å². The Labute approximate surface area is 166 Å². The summed E-state index contributed by atoms with van der Waals surface area (Å²) in [6, 6.07) is 1.74. The zero-order chi connectivity index (χ0) is 20.8. The number of alkyl halides is 2. The molecule has 5 nitrogen and oxygen atoms in total. The van der Waals surface area contributed by atoms with Crippen LogP contribution in [0.4, 0.5) is 17.6 Å². The second-order valence-electron chi connectivity index (χ2n) is 7.02. The van der Waals surface area contributed by atoms with Crippen LogP contribution >= 0.6 is 0 Å². The topological polar surface area (TPSA) is 46.2 Å². The number of ether oxygens (including phenoxy) is 5. The Morgan fingerprint density at radius 1 is 1.00 bits per heavy atom. The van der Waals surface area contributed by atoms with E-state index in [2.05, 4.69) is 10.8 Å². The zero-order valence-corrected chi connectivity index (χ0v) is 16.0. The van der Waals surface area contributed by atoms with Gasteiger partial charge in [-0.3, -0.25) is 0 Å². The van der Waals surface area contributed by atoms with E-state index in [0.717, 1.165) is 18.6 Å². The molecule has 1 aromatic carbocycles. The second-order valence-corrected chi connectivity index (χ2v) is 7.02. The minimum absolute atomic E-state index is 0.0639. The molecule has 29 heavy (non-hydrogen) atoms. The number of rotatable bonds is 7. The molecule has 0 radical (unpaired) electrons. The third kappa shape index (κ3) is 6.15. The summed E-state index contributed by atoms with van der Waals surface area (Å²) in [6.07, 6.45) is 4.22. The maximum atomic E-state index is 13.9. The van der Waals surface area contributed by atoms with Crippen molar-refractivity contribution in [2.75, 3.05) is 26.4 Å².